The predicted molar refractivity (Wildman–Crippen MR) is 116 cm³/mol. The minimum Gasteiger partial charge on any atom is -0.340 e. The fourth-order valence-corrected chi connectivity index (χ4v) is 4.13. The molecule has 2 heterocycles. The van der Waals surface area contributed by atoms with Gasteiger partial charge in [0.1, 0.15) is 29.2 Å². The Labute approximate surface area is 192 Å². The van der Waals surface area contributed by atoms with E-state index in [2.05, 4.69) is 10.3 Å². The predicted octanol–water partition coefficient (Wildman–Crippen LogP) is 3.76. The largest absolute Gasteiger partial charge is 0.340 e. The maximum Gasteiger partial charge on any atom is 0.237 e. The molecular formula is C23H20F4N6O. The van der Waals surface area contributed by atoms with Gasteiger partial charge in [0, 0.05) is 24.3 Å². The van der Waals surface area contributed by atoms with Crippen molar-refractivity contribution in [2.24, 2.45) is 5.73 Å². The molecule has 176 valence electrons. The second kappa shape index (κ2) is 8.46. The number of carbonyl (C=O) groups excluding carboxylic acids is 1. The van der Waals surface area contributed by atoms with Gasteiger partial charge in [0.15, 0.2) is 17.5 Å². The van der Waals surface area contributed by atoms with Crippen molar-refractivity contribution < 1.29 is 22.4 Å². The van der Waals surface area contributed by atoms with Crippen molar-refractivity contribution in [3.63, 3.8) is 0 Å². The van der Waals surface area contributed by atoms with Crippen LogP contribution in [0.1, 0.15) is 25.2 Å². The number of hydrogen-bond acceptors (Lipinski definition) is 5. The quantitative estimate of drug-likeness (QED) is 0.445. The number of aromatic nitrogens is 2. The highest BCUT2D eigenvalue weighted by molar-refractivity contribution is 5.80. The zero-order valence-electron chi connectivity index (χ0n) is 18.3. The maximum absolute atomic E-state index is 14.1. The van der Waals surface area contributed by atoms with E-state index in [1.807, 2.05) is 0 Å². The molecule has 0 aliphatic carbocycles. The number of halogens is 4. The number of carbonyl (C=O) groups is 1. The first-order chi connectivity index (χ1) is 16.1. The number of rotatable bonds is 4. The highest BCUT2D eigenvalue weighted by Crippen LogP contribution is 2.40. The van der Waals surface area contributed by atoms with Gasteiger partial charge in [-0.2, -0.15) is 5.26 Å². The Morgan fingerprint density at radius 3 is 2.44 bits per heavy atom. The zero-order chi connectivity index (χ0) is 24.8. The molecule has 11 heteroatoms. The summed E-state index contributed by atoms with van der Waals surface area (Å²) in [5, 5.41) is 12.2. The lowest BCUT2D eigenvalue weighted by Crippen LogP contribution is -2.53. The van der Waals surface area contributed by atoms with E-state index in [0.29, 0.717) is 11.5 Å². The Kier molecular flexibility index (Phi) is 5.79. The lowest BCUT2D eigenvalue weighted by atomic mass is 9.99. The molecule has 34 heavy (non-hydrogen) atoms. The van der Waals surface area contributed by atoms with Crippen molar-refractivity contribution >= 4 is 17.4 Å². The van der Waals surface area contributed by atoms with Crippen molar-refractivity contribution in [3.8, 4) is 17.3 Å². The molecule has 0 saturated carbocycles. The molecule has 0 atom stereocenters. The van der Waals surface area contributed by atoms with Crippen molar-refractivity contribution in [3.05, 3.63) is 65.0 Å². The van der Waals surface area contributed by atoms with E-state index in [4.69, 9.17) is 11.0 Å². The number of nitrogens with two attached hydrogens (primary N) is 1. The summed E-state index contributed by atoms with van der Waals surface area (Å²) in [6.45, 7) is 3.84. The lowest BCUT2D eigenvalue weighted by Gasteiger charge is -2.42. The van der Waals surface area contributed by atoms with E-state index >= 15 is 0 Å². The highest BCUT2D eigenvalue weighted by Gasteiger charge is 2.41. The van der Waals surface area contributed by atoms with Crippen LogP contribution < -0.4 is 11.1 Å². The summed E-state index contributed by atoms with van der Waals surface area (Å²) >= 11 is 0. The van der Waals surface area contributed by atoms with Gasteiger partial charge in [0.05, 0.1) is 17.6 Å². The Hall–Kier alpha value is -3.91. The molecule has 0 saturated heterocycles. The third-order valence-corrected chi connectivity index (χ3v) is 5.82. The van der Waals surface area contributed by atoms with Crippen molar-refractivity contribution in [2.45, 2.75) is 25.9 Å². The van der Waals surface area contributed by atoms with Gasteiger partial charge in [-0.05, 0) is 44.2 Å². The molecule has 3 aromatic rings. The number of nitrogens with one attached hydrogen (secondary N) is 1. The number of anilines is 2. The molecule has 0 unspecified atom stereocenters. The van der Waals surface area contributed by atoms with E-state index < -0.39 is 28.8 Å². The zero-order valence-corrected chi connectivity index (χ0v) is 18.3. The molecule has 1 aliphatic rings. The Balaban J connectivity index is 1.92. The van der Waals surface area contributed by atoms with Crippen molar-refractivity contribution in [1.82, 2.24) is 14.5 Å². The maximum atomic E-state index is 14.1. The summed E-state index contributed by atoms with van der Waals surface area (Å²) < 4.78 is 57.3. The summed E-state index contributed by atoms with van der Waals surface area (Å²) in [6.07, 6.45) is 0. The molecule has 1 aromatic heterocycles. The van der Waals surface area contributed by atoms with E-state index in [0.717, 1.165) is 18.2 Å². The van der Waals surface area contributed by atoms with Gasteiger partial charge >= 0.3 is 0 Å². The van der Waals surface area contributed by atoms with Crippen LogP contribution in [0.4, 0.5) is 29.1 Å². The first-order valence-corrected chi connectivity index (χ1v) is 10.3. The Bertz CT molecular complexity index is 1320. The van der Waals surface area contributed by atoms with Gasteiger partial charge in [-0.25, -0.2) is 22.5 Å². The van der Waals surface area contributed by atoms with Crippen LogP contribution in [0.5, 0.6) is 0 Å². The standard InChI is InChI=1S/C23H20F4N6O/c1-23(2)22-31-20(12-8-16(25)19(27)17(26)9-12)21(32(22)5-6-33(23)18(34)11-29)30-14-3-4-15(24)13(7-14)10-28/h3-4,7-9,30H,5-6,11,29H2,1-2H3. The van der Waals surface area contributed by atoms with Gasteiger partial charge < -0.3 is 20.5 Å². The van der Waals surface area contributed by atoms with Crippen molar-refractivity contribution in [2.75, 3.05) is 18.4 Å². The summed E-state index contributed by atoms with van der Waals surface area (Å²) in [4.78, 5) is 18.6. The molecule has 0 radical (unpaired) electrons. The molecule has 1 amide bonds. The van der Waals surface area contributed by atoms with Crippen LogP contribution >= 0.6 is 0 Å². The van der Waals surface area contributed by atoms with Gasteiger partial charge in [-0.3, -0.25) is 4.79 Å². The first kappa shape index (κ1) is 23.3. The number of fused-ring (bicyclic) bond motifs is 1. The number of nitrogens with zero attached hydrogens (tertiary/aromatic N) is 4. The van der Waals surface area contributed by atoms with Gasteiger partial charge in [-0.15, -0.1) is 0 Å². The monoisotopic (exact) mass is 472 g/mol. The minimum atomic E-state index is -1.61. The lowest BCUT2D eigenvalue weighted by molar-refractivity contribution is -0.137. The summed E-state index contributed by atoms with van der Waals surface area (Å²) in [5.74, 6) is -4.72. The molecule has 0 spiro atoms. The van der Waals surface area contributed by atoms with Crippen LogP contribution in [0.15, 0.2) is 30.3 Å². The van der Waals surface area contributed by atoms with Crippen LogP contribution in [0, 0.1) is 34.6 Å². The normalized spacial score (nSPS) is 14.5. The fraction of sp³-hybridized carbons (Fsp3) is 0.261. The highest BCUT2D eigenvalue weighted by atomic mass is 19.2. The van der Waals surface area contributed by atoms with E-state index in [-0.39, 0.29) is 48.2 Å². The van der Waals surface area contributed by atoms with Crippen LogP contribution in [-0.4, -0.2) is 33.4 Å². The van der Waals surface area contributed by atoms with Gasteiger partial charge in [0.25, 0.3) is 0 Å². The summed E-state index contributed by atoms with van der Waals surface area (Å²) in [5.41, 5.74) is 4.77. The molecule has 0 fully saturated rings. The Morgan fingerprint density at radius 2 is 1.82 bits per heavy atom. The number of nitriles is 1. The van der Waals surface area contributed by atoms with Crippen LogP contribution in [0.2, 0.25) is 0 Å². The third kappa shape index (κ3) is 3.76. The van der Waals surface area contributed by atoms with E-state index in [1.54, 1.807) is 29.4 Å². The average Bonchev–Trinajstić information content (AvgIpc) is 3.17. The van der Waals surface area contributed by atoms with Crippen molar-refractivity contribution in [1.29, 1.82) is 5.26 Å². The Morgan fingerprint density at radius 1 is 1.15 bits per heavy atom. The molecule has 4 rings (SSSR count). The molecule has 7 nitrogen and oxygen atoms in total. The second-order valence-corrected chi connectivity index (χ2v) is 8.28. The van der Waals surface area contributed by atoms with Crippen LogP contribution in [0.3, 0.4) is 0 Å². The van der Waals surface area contributed by atoms with Gasteiger partial charge in [-0.1, -0.05) is 0 Å². The number of benzene rings is 2. The number of amides is 1. The molecule has 3 N–H and O–H groups in total. The topological polar surface area (TPSA) is 100.0 Å². The fourth-order valence-electron chi connectivity index (χ4n) is 4.13. The first-order valence-electron chi connectivity index (χ1n) is 10.3. The van der Waals surface area contributed by atoms with Gasteiger partial charge in [0.2, 0.25) is 5.91 Å². The van der Waals surface area contributed by atoms with E-state index in [1.165, 1.54) is 12.1 Å². The molecule has 0 bridgehead atoms. The molecule has 1 aliphatic heterocycles. The third-order valence-electron chi connectivity index (χ3n) is 5.82. The number of imidazole rings is 1. The number of hydrogen-bond donors (Lipinski definition) is 2. The average molecular weight is 472 g/mol. The van der Waals surface area contributed by atoms with Crippen LogP contribution in [0.25, 0.3) is 11.3 Å². The second-order valence-electron chi connectivity index (χ2n) is 8.28. The van der Waals surface area contributed by atoms with E-state index in [9.17, 15) is 22.4 Å². The summed E-state index contributed by atoms with van der Waals surface area (Å²) in [7, 11) is 0. The van der Waals surface area contributed by atoms with Crippen LogP contribution in [-0.2, 0) is 16.9 Å². The smallest absolute Gasteiger partial charge is 0.237 e. The SMILES string of the molecule is CC1(C)c2nc(-c3cc(F)c(F)c(F)c3)c(Nc3ccc(F)c(C#N)c3)n2CCN1C(=O)CN. The minimum absolute atomic E-state index is 0.0454. The molecular weight excluding hydrogens is 452 g/mol. The molecule has 2 aromatic carbocycles. The summed E-state index contributed by atoms with van der Waals surface area (Å²) in [6, 6.07) is 7.17.